The first-order valence-corrected chi connectivity index (χ1v) is 26.0. The van der Waals surface area contributed by atoms with Gasteiger partial charge in [0, 0.05) is 102 Å². The Bertz CT molecular complexity index is 2440. The number of amides is 4. The molecule has 2 aromatic rings. The lowest BCUT2D eigenvalue weighted by molar-refractivity contribution is -0.136. The molecule has 5 saturated carbocycles. The fourth-order valence-corrected chi connectivity index (χ4v) is 11.3. The van der Waals surface area contributed by atoms with Gasteiger partial charge in [-0.25, -0.2) is 9.97 Å². The summed E-state index contributed by atoms with van der Waals surface area (Å²) >= 11 is 0. The third-order valence-corrected chi connectivity index (χ3v) is 15.8. The summed E-state index contributed by atoms with van der Waals surface area (Å²) in [6.45, 7) is 18.0. The Morgan fingerprint density at radius 3 is 1.48 bits per heavy atom. The number of aromatic nitrogens is 2. The van der Waals surface area contributed by atoms with Gasteiger partial charge in [-0.15, -0.1) is 0 Å². The number of rotatable bonds is 12. The molecule has 0 spiro atoms. The molecule has 7 fully saturated rings. The minimum absolute atomic E-state index is 0.0862. The second-order valence-electron chi connectivity index (χ2n) is 20.3. The van der Waals surface area contributed by atoms with Gasteiger partial charge in [0.25, 0.3) is 0 Å². The minimum atomic E-state index is -0.0992. The third kappa shape index (κ3) is 10.1. The first kappa shape index (κ1) is 48.2. The molecule has 69 heavy (non-hydrogen) atoms. The fraction of sp³-hybridized carbons (Fsp3) is 0.630. The highest BCUT2D eigenvalue weighted by Gasteiger charge is 2.46. The van der Waals surface area contributed by atoms with Crippen molar-refractivity contribution in [3.8, 4) is 12.1 Å². The molecule has 11 rings (SSSR count). The quantitative estimate of drug-likeness (QED) is 0.225. The molecule has 0 bridgehead atoms. The number of anilines is 2. The van der Waals surface area contributed by atoms with E-state index in [4.69, 9.17) is 14.7 Å². The molecule has 5 aliphatic carbocycles. The summed E-state index contributed by atoms with van der Waals surface area (Å²) in [5.41, 5.74) is 7.76. The lowest BCUT2D eigenvalue weighted by Crippen LogP contribution is -2.57. The molecule has 2 atom stereocenters. The van der Waals surface area contributed by atoms with Gasteiger partial charge in [-0.1, -0.05) is 27.0 Å². The number of piperazine rings is 2. The number of carbonyl (C=O) groups is 4. The van der Waals surface area contributed by atoms with E-state index in [-0.39, 0.29) is 35.7 Å². The number of carbonyl (C=O) groups excluding carboxylic acids is 4. The molecule has 0 unspecified atom stereocenters. The zero-order valence-corrected chi connectivity index (χ0v) is 41.1. The van der Waals surface area contributed by atoms with Gasteiger partial charge in [-0.3, -0.25) is 19.2 Å². The normalized spacial score (nSPS) is 22.9. The second kappa shape index (κ2) is 20.7. The van der Waals surface area contributed by atoms with Crippen LogP contribution in [0.25, 0.3) is 0 Å². The number of hydrogen-bond donors (Lipinski definition) is 0. The van der Waals surface area contributed by atoms with Crippen LogP contribution in [0.1, 0.15) is 141 Å². The molecule has 2 saturated heterocycles. The van der Waals surface area contributed by atoms with Crippen LogP contribution >= 0.6 is 0 Å². The van der Waals surface area contributed by atoms with E-state index in [1.807, 2.05) is 18.7 Å². The van der Waals surface area contributed by atoms with Crippen molar-refractivity contribution in [2.45, 2.75) is 134 Å². The molecule has 0 aromatic carbocycles. The number of ether oxygens (including phenoxy) is 1. The van der Waals surface area contributed by atoms with Gasteiger partial charge in [0.15, 0.2) is 0 Å². The average molecular weight is 939 g/mol. The summed E-state index contributed by atoms with van der Waals surface area (Å²) in [6, 6.07) is 5.27. The first-order valence-electron chi connectivity index (χ1n) is 26.0. The number of methoxy groups -OCH3 is 1. The predicted molar refractivity (Wildman–Crippen MR) is 262 cm³/mol. The molecule has 2 aromatic heterocycles. The Morgan fingerprint density at radius 1 is 0.638 bits per heavy atom. The van der Waals surface area contributed by atoms with Gasteiger partial charge >= 0.3 is 0 Å². The van der Waals surface area contributed by atoms with Gasteiger partial charge in [0.05, 0.1) is 36.2 Å². The van der Waals surface area contributed by atoms with Gasteiger partial charge in [0.1, 0.15) is 23.8 Å². The van der Waals surface area contributed by atoms with E-state index in [2.05, 4.69) is 40.0 Å². The van der Waals surface area contributed by atoms with Crippen molar-refractivity contribution in [2.24, 2.45) is 17.8 Å². The van der Waals surface area contributed by atoms with Crippen LogP contribution < -0.4 is 9.80 Å². The van der Waals surface area contributed by atoms with Crippen LogP contribution in [0.5, 0.6) is 0 Å². The summed E-state index contributed by atoms with van der Waals surface area (Å²) in [5, 5.41) is 20.5. The van der Waals surface area contributed by atoms with Crippen LogP contribution in [0.2, 0.25) is 0 Å². The van der Waals surface area contributed by atoms with Crippen LogP contribution in [0.3, 0.4) is 0 Å². The molecule has 4 amide bonds. The molecule has 15 heteroatoms. The molecular formula is C54H70N10O5. The van der Waals surface area contributed by atoms with Crippen LogP contribution in [0.15, 0.2) is 25.3 Å². The van der Waals surface area contributed by atoms with E-state index in [0.717, 1.165) is 105 Å². The summed E-state index contributed by atoms with van der Waals surface area (Å²) in [5.74, 6) is 4.07. The van der Waals surface area contributed by atoms with E-state index in [1.165, 1.54) is 36.1 Å². The highest BCUT2D eigenvalue weighted by Crippen LogP contribution is 2.47. The zero-order valence-electron chi connectivity index (χ0n) is 41.1. The summed E-state index contributed by atoms with van der Waals surface area (Å²) in [4.78, 5) is 73.0. The van der Waals surface area contributed by atoms with Gasteiger partial charge in [-0.05, 0) is 123 Å². The number of fused-ring (bicyclic) bond motifs is 2. The first-order chi connectivity index (χ1) is 33.6. The Labute approximate surface area is 408 Å². The lowest BCUT2D eigenvalue weighted by atomic mass is 9.92. The van der Waals surface area contributed by atoms with Crippen LogP contribution in [0, 0.1) is 40.4 Å². The van der Waals surface area contributed by atoms with Crippen molar-refractivity contribution >= 4 is 35.3 Å². The smallest absolute Gasteiger partial charge is 0.246 e. The molecule has 9 aliphatic rings. The molecule has 4 aliphatic heterocycles. The van der Waals surface area contributed by atoms with Crippen molar-refractivity contribution in [2.75, 3.05) is 75.9 Å². The van der Waals surface area contributed by atoms with Gasteiger partial charge in [0.2, 0.25) is 23.6 Å². The van der Waals surface area contributed by atoms with Crippen molar-refractivity contribution in [1.82, 2.24) is 29.6 Å². The summed E-state index contributed by atoms with van der Waals surface area (Å²) in [7, 11) is 1.62. The third-order valence-electron chi connectivity index (χ3n) is 15.8. The van der Waals surface area contributed by atoms with E-state index in [9.17, 15) is 29.7 Å². The minimum Gasteiger partial charge on any atom is -0.384 e. The monoisotopic (exact) mass is 939 g/mol. The molecule has 0 radical (unpaired) electrons. The maximum atomic E-state index is 12.9. The number of hydrogen-bond acceptors (Lipinski definition) is 11. The zero-order chi connectivity index (χ0) is 48.5. The lowest BCUT2D eigenvalue weighted by Gasteiger charge is -2.43. The topological polar surface area (TPSA) is 170 Å². The summed E-state index contributed by atoms with van der Waals surface area (Å²) < 4.78 is 5.13. The molecule has 366 valence electrons. The number of pyridine rings is 2. The number of nitrogens with zero attached hydrogens (tertiary/aromatic N) is 10. The van der Waals surface area contributed by atoms with Crippen molar-refractivity contribution in [3.05, 3.63) is 70.1 Å². The molecular weight excluding hydrogens is 869 g/mol. The highest BCUT2D eigenvalue weighted by molar-refractivity contribution is 5.88. The van der Waals surface area contributed by atoms with E-state index < -0.39 is 0 Å². The Hall–Kier alpha value is -5.80. The largest absolute Gasteiger partial charge is 0.384 e. The number of nitriles is 2. The molecule has 0 N–H and O–H groups in total. The Kier molecular flexibility index (Phi) is 14.4. The van der Waals surface area contributed by atoms with Gasteiger partial charge in [-0.2, -0.15) is 10.5 Å². The van der Waals surface area contributed by atoms with Gasteiger partial charge < -0.3 is 34.1 Å². The molecule has 6 heterocycles. The fourth-order valence-electron chi connectivity index (χ4n) is 11.3. The second-order valence-corrected chi connectivity index (χ2v) is 20.3. The SMILES string of the molecule is C=CC(=O)N1CCc2c(C3CC3)nc(N3CCN(C(=O)C4CC4)[C@H](C4CC4)C3)c(C#N)c2C1.C=CC(=O)N1CCc2c(C3CC3)nc(N3CCN(C(=O)CCOC)[C@H](C4CC4)C3)c(C#N)c2C1.CC. The maximum absolute atomic E-state index is 12.9. The van der Waals surface area contributed by atoms with Crippen molar-refractivity contribution in [1.29, 1.82) is 10.5 Å². The van der Waals surface area contributed by atoms with E-state index in [1.54, 1.807) is 16.9 Å². The van der Waals surface area contributed by atoms with Crippen molar-refractivity contribution < 1.29 is 23.9 Å². The average Bonchev–Trinajstić information content (AvgIpc) is 4.18. The van der Waals surface area contributed by atoms with E-state index in [0.29, 0.717) is 113 Å². The van der Waals surface area contributed by atoms with Crippen molar-refractivity contribution in [3.63, 3.8) is 0 Å². The molecule has 15 nitrogen and oxygen atoms in total. The predicted octanol–water partition coefficient (Wildman–Crippen LogP) is 6.13. The Morgan fingerprint density at radius 2 is 1.09 bits per heavy atom. The van der Waals surface area contributed by atoms with E-state index >= 15 is 0 Å². The maximum Gasteiger partial charge on any atom is 0.246 e. The van der Waals surface area contributed by atoms with Crippen LogP contribution in [0.4, 0.5) is 11.6 Å². The summed E-state index contributed by atoms with van der Waals surface area (Å²) in [6.07, 6.45) is 15.9. The van der Waals surface area contributed by atoms with Crippen LogP contribution in [-0.2, 0) is 49.8 Å². The standard InChI is InChI=1S/C26H33N5O3.C26H31N5O2.C2H6/c1-3-23(32)29-10-8-19-21(15-29)20(14-27)26(28-25(19)18-6-7-18)30-11-12-31(24(33)9-13-34-2)22(16-30)17-4-5-17;1-2-23(32)29-10-9-19-21(14-29)20(13-27)25(28-24(19)17-5-6-17)30-11-12-31(26(33)18-7-8-18)22(15-30)16-3-4-16;1-2/h3,17-18,22H,1,4-13,15-16H2,2H3;2,16-18,22H,1,3-12,14-15H2;1-2H3/t2*22-;/m00./s1. The highest BCUT2D eigenvalue weighted by atomic mass is 16.5. The van der Waals surface area contributed by atoms with Crippen LogP contribution in [-0.4, -0.2) is 131 Å². The Balaban J connectivity index is 0.000000166.